The Bertz CT molecular complexity index is 992. The molecule has 1 saturated heterocycles. The highest BCUT2D eigenvalue weighted by Gasteiger charge is 2.24. The van der Waals surface area contributed by atoms with Crippen LogP contribution in [0.3, 0.4) is 0 Å². The van der Waals surface area contributed by atoms with Crippen LogP contribution in [0.2, 0.25) is 0 Å². The maximum atomic E-state index is 13.7. The van der Waals surface area contributed by atoms with Gasteiger partial charge in [-0.15, -0.1) is 0 Å². The topological polar surface area (TPSA) is 74.2 Å². The molecule has 1 amide bonds. The average Bonchev–Trinajstić information content (AvgIpc) is 2.76. The highest BCUT2D eigenvalue weighted by Crippen LogP contribution is 2.20. The van der Waals surface area contributed by atoms with E-state index in [0.29, 0.717) is 43.5 Å². The average molecular weight is 396 g/mol. The lowest BCUT2D eigenvalue weighted by Gasteiger charge is -2.34. The number of carbonyl (C=O) groups excluding carboxylic acids is 1. The van der Waals surface area contributed by atoms with Crippen molar-refractivity contribution in [3.8, 4) is 0 Å². The number of piperazine rings is 1. The molecule has 9 heteroatoms. The van der Waals surface area contributed by atoms with E-state index in [9.17, 15) is 13.6 Å². The summed E-state index contributed by atoms with van der Waals surface area (Å²) < 4.78 is 26.7. The molecule has 1 aliphatic rings. The molecule has 3 heterocycles. The fraction of sp³-hybridized carbons (Fsp3) is 0.200. The summed E-state index contributed by atoms with van der Waals surface area (Å²) in [5.41, 5.74) is 0.934. The largest absolute Gasteiger partial charge is 0.352 e. The number of halogens is 2. The summed E-state index contributed by atoms with van der Waals surface area (Å²) in [6, 6.07) is 8.25. The van der Waals surface area contributed by atoms with Gasteiger partial charge in [-0.1, -0.05) is 0 Å². The molecule has 0 unspecified atom stereocenters. The van der Waals surface area contributed by atoms with E-state index in [1.165, 1.54) is 12.3 Å². The van der Waals surface area contributed by atoms with Crippen molar-refractivity contribution in [2.24, 2.45) is 0 Å². The minimum absolute atomic E-state index is 0.131. The number of nitrogens with one attached hydrogen (secondary N) is 1. The number of amides is 1. The molecule has 7 nitrogen and oxygen atoms in total. The van der Waals surface area contributed by atoms with Crippen LogP contribution in [0.25, 0.3) is 0 Å². The normalized spacial score (nSPS) is 14.0. The van der Waals surface area contributed by atoms with E-state index in [2.05, 4.69) is 20.3 Å². The molecule has 1 N–H and O–H groups in total. The molecule has 0 aliphatic carbocycles. The van der Waals surface area contributed by atoms with Gasteiger partial charge >= 0.3 is 0 Å². The number of benzene rings is 1. The predicted molar refractivity (Wildman–Crippen MR) is 104 cm³/mol. The fourth-order valence-electron chi connectivity index (χ4n) is 3.07. The van der Waals surface area contributed by atoms with Crippen LogP contribution in [0.5, 0.6) is 0 Å². The lowest BCUT2D eigenvalue weighted by molar-refractivity contribution is 0.0740. The molecule has 0 radical (unpaired) electrons. The molecule has 0 saturated carbocycles. The van der Waals surface area contributed by atoms with Gasteiger partial charge in [0.25, 0.3) is 5.91 Å². The van der Waals surface area contributed by atoms with Crippen LogP contribution in [0.1, 0.15) is 10.5 Å². The second-order valence-corrected chi connectivity index (χ2v) is 6.51. The van der Waals surface area contributed by atoms with Gasteiger partial charge in [-0.2, -0.15) is 0 Å². The van der Waals surface area contributed by atoms with E-state index in [-0.39, 0.29) is 11.6 Å². The van der Waals surface area contributed by atoms with Crippen LogP contribution in [0, 0.1) is 11.6 Å². The molecule has 2 aromatic heterocycles. The maximum absolute atomic E-state index is 13.7. The Morgan fingerprint density at radius 3 is 2.38 bits per heavy atom. The molecule has 1 aromatic carbocycles. The number of hydrogen-bond donors (Lipinski definition) is 1. The van der Waals surface area contributed by atoms with Crippen molar-refractivity contribution < 1.29 is 13.6 Å². The number of rotatable bonds is 4. The van der Waals surface area contributed by atoms with Gasteiger partial charge in [-0.3, -0.25) is 4.79 Å². The van der Waals surface area contributed by atoms with Crippen LogP contribution in [-0.4, -0.2) is 51.9 Å². The number of aromatic nitrogens is 3. The number of hydrogen-bond acceptors (Lipinski definition) is 6. The lowest BCUT2D eigenvalue weighted by atomic mass is 10.2. The number of pyridine rings is 1. The molecule has 0 spiro atoms. The van der Waals surface area contributed by atoms with Crippen LogP contribution in [0.4, 0.5) is 26.1 Å². The van der Waals surface area contributed by atoms with Crippen molar-refractivity contribution >= 4 is 23.2 Å². The Balaban J connectivity index is 1.37. The molecule has 3 aromatic rings. The zero-order valence-corrected chi connectivity index (χ0v) is 15.4. The van der Waals surface area contributed by atoms with E-state index in [4.69, 9.17) is 0 Å². The van der Waals surface area contributed by atoms with Gasteiger partial charge in [0.05, 0.1) is 17.6 Å². The summed E-state index contributed by atoms with van der Waals surface area (Å²) >= 11 is 0. The summed E-state index contributed by atoms with van der Waals surface area (Å²) in [6.45, 7) is 2.36. The van der Waals surface area contributed by atoms with E-state index < -0.39 is 11.6 Å². The number of nitrogens with zero attached hydrogens (tertiary/aromatic N) is 5. The molecule has 29 heavy (non-hydrogen) atoms. The maximum Gasteiger partial charge on any atom is 0.272 e. The lowest BCUT2D eigenvalue weighted by Crippen LogP contribution is -2.49. The fourth-order valence-corrected chi connectivity index (χ4v) is 3.07. The quantitative estimate of drug-likeness (QED) is 0.731. The molecule has 0 bridgehead atoms. The zero-order chi connectivity index (χ0) is 20.2. The molecule has 148 valence electrons. The Morgan fingerprint density at radius 2 is 1.72 bits per heavy atom. The van der Waals surface area contributed by atoms with Gasteiger partial charge in [0.15, 0.2) is 0 Å². The van der Waals surface area contributed by atoms with Gasteiger partial charge in [-0.05, 0) is 30.3 Å². The first kappa shape index (κ1) is 18.7. The van der Waals surface area contributed by atoms with Crippen molar-refractivity contribution in [1.82, 2.24) is 19.9 Å². The molecular formula is C20H18F2N6O. The Hall–Kier alpha value is -3.62. The third kappa shape index (κ3) is 4.29. The van der Waals surface area contributed by atoms with Crippen LogP contribution in [0.15, 0.2) is 55.0 Å². The minimum Gasteiger partial charge on any atom is -0.352 e. The first-order valence-corrected chi connectivity index (χ1v) is 9.09. The van der Waals surface area contributed by atoms with Gasteiger partial charge in [0, 0.05) is 44.6 Å². The summed E-state index contributed by atoms with van der Waals surface area (Å²) in [5, 5.41) is 2.82. The third-order valence-electron chi connectivity index (χ3n) is 4.59. The molecule has 0 atom stereocenters. The molecule has 1 aliphatic heterocycles. The van der Waals surface area contributed by atoms with Crippen LogP contribution in [-0.2, 0) is 0 Å². The SMILES string of the molecule is O=C(c1ccc(Nc2ccc(F)cc2F)cn1)N1CCN(c2ncccn2)CC1. The summed E-state index contributed by atoms with van der Waals surface area (Å²) in [6.07, 6.45) is 4.83. The second kappa shape index (κ2) is 8.17. The van der Waals surface area contributed by atoms with Gasteiger partial charge in [0.2, 0.25) is 5.95 Å². The van der Waals surface area contributed by atoms with Crippen molar-refractivity contribution in [2.45, 2.75) is 0 Å². The smallest absolute Gasteiger partial charge is 0.272 e. The van der Waals surface area contributed by atoms with Crippen molar-refractivity contribution in [3.05, 3.63) is 72.3 Å². The second-order valence-electron chi connectivity index (χ2n) is 6.51. The predicted octanol–water partition coefficient (Wildman–Crippen LogP) is 2.86. The van der Waals surface area contributed by atoms with Crippen LogP contribution >= 0.6 is 0 Å². The van der Waals surface area contributed by atoms with Gasteiger partial charge in [-0.25, -0.2) is 23.7 Å². The summed E-state index contributed by atoms with van der Waals surface area (Å²) in [5.74, 6) is -0.865. The number of carbonyl (C=O) groups is 1. The molecular weight excluding hydrogens is 378 g/mol. The zero-order valence-electron chi connectivity index (χ0n) is 15.4. The molecule has 1 fully saturated rings. The van der Waals surface area contributed by atoms with E-state index >= 15 is 0 Å². The monoisotopic (exact) mass is 396 g/mol. The van der Waals surface area contributed by atoms with Gasteiger partial charge < -0.3 is 15.1 Å². The van der Waals surface area contributed by atoms with E-state index in [1.807, 2.05) is 4.90 Å². The highest BCUT2D eigenvalue weighted by molar-refractivity contribution is 5.92. The Labute approximate surface area is 166 Å². The minimum atomic E-state index is -0.703. The standard InChI is InChI=1S/C20H18F2N6O/c21-14-2-4-17(16(22)12-14)26-15-3-5-18(25-13-15)19(29)27-8-10-28(11-9-27)20-23-6-1-7-24-20/h1-7,12-13,26H,8-11H2. The van der Waals surface area contributed by atoms with Gasteiger partial charge in [0.1, 0.15) is 17.3 Å². The first-order chi connectivity index (χ1) is 14.1. The van der Waals surface area contributed by atoms with E-state index in [0.717, 1.165) is 12.1 Å². The first-order valence-electron chi connectivity index (χ1n) is 9.09. The number of anilines is 3. The van der Waals surface area contributed by atoms with Crippen molar-refractivity contribution in [3.63, 3.8) is 0 Å². The van der Waals surface area contributed by atoms with Crippen molar-refractivity contribution in [2.75, 3.05) is 36.4 Å². The molecule has 4 rings (SSSR count). The Kier molecular flexibility index (Phi) is 5.28. The summed E-state index contributed by atoms with van der Waals surface area (Å²) in [4.78, 5) is 29.1. The highest BCUT2D eigenvalue weighted by atomic mass is 19.1. The summed E-state index contributed by atoms with van der Waals surface area (Å²) in [7, 11) is 0. The van der Waals surface area contributed by atoms with E-state index in [1.54, 1.807) is 35.5 Å². The Morgan fingerprint density at radius 1 is 0.966 bits per heavy atom. The van der Waals surface area contributed by atoms with Crippen LogP contribution < -0.4 is 10.2 Å². The third-order valence-corrected chi connectivity index (χ3v) is 4.59. The van der Waals surface area contributed by atoms with Crippen molar-refractivity contribution in [1.29, 1.82) is 0 Å².